The molecule has 1 heterocycles. The average Bonchev–Trinajstić information content (AvgIpc) is 3.23. The van der Waals surface area contributed by atoms with Gasteiger partial charge in [-0.3, -0.25) is 4.79 Å². The molecule has 0 unspecified atom stereocenters. The number of nitrogens with zero attached hydrogens (tertiary/aromatic N) is 2. The first-order valence-corrected chi connectivity index (χ1v) is 11.9. The molecular formula is C24H20ClN3O3S. The van der Waals surface area contributed by atoms with E-state index in [0.29, 0.717) is 5.02 Å². The molecular weight excluding hydrogens is 446 g/mol. The van der Waals surface area contributed by atoms with Gasteiger partial charge in [0.1, 0.15) is 5.75 Å². The quantitative estimate of drug-likeness (QED) is 0.441. The summed E-state index contributed by atoms with van der Waals surface area (Å²) in [5.74, 6) is -1.24. The van der Waals surface area contributed by atoms with Crippen LogP contribution in [0.1, 0.15) is 5.56 Å². The second kappa shape index (κ2) is 9.38. The molecule has 0 spiro atoms. The molecule has 3 aromatic carbocycles. The summed E-state index contributed by atoms with van der Waals surface area (Å²) in [7, 11) is -3.77. The number of halogens is 1. The average molecular weight is 466 g/mol. The van der Waals surface area contributed by atoms with E-state index in [1.807, 2.05) is 66.9 Å². The summed E-state index contributed by atoms with van der Waals surface area (Å²) in [6.07, 6.45) is 1.84. The third-order valence-corrected chi connectivity index (χ3v) is 6.71. The maximum atomic E-state index is 12.5. The first kappa shape index (κ1) is 21.8. The van der Waals surface area contributed by atoms with E-state index in [1.54, 1.807) is 4.68 Å². The summed E-state index contributed by atoms with van der Waals surface area (Å²) in [5, 5.41) is 7.84. The van der Waals surface area contributed by atoms with Crippen molar-refractivity contribution >= 4 is 27.3 Å². The molecule has 4 aromatic rings. The summed E-state index contributed by atoms with van der Waals surface area (Å²) in [4.78, 5) is 12.5. The van der Waals surface area contributed by atoms with Crippen LogP contribution >= 0.6 is 11.6 Å². The van der Waals surface area contributed by atoms with E-state index < -0.39 is 21.5 Å². The molecule has 0 aliphatic carbocycles. The molecule has 1 amide bonds. The van der Waals surface area contributed by atoms with Crippen LogP contribution in [-0.2, 0) is 21.2 Å². The zero-order valence-electron chi connectivity index (χ0n) is 17.0. The Morgan fingerprint density at radius 1 is 0.906 bits per heavy atom. The predicted octanol–water partition coefficient (Wildman–Crippen LogP) is 4.28. The molecule has 8 heteroatoms. The molecule has 32 heavy (non-hydrogen) atoms. The van der Waals surface area contributed by atoms with Gasteiger partial charge in [-0.25, -0.2) is 13.1 Å². The second-order valence-electron chi connectivity index (χ2n) is 7.14. The van der Waals surface area contributed by atoms with E-state index in [1.165, 1.54) is 24.3 Å². The summed E-state index contributed by atoms with van der Waals surface area (Å²) < 4.78 is 26.8. The van der Waals surface area contributed by atoms with Crippen molar-refractivity contribution in [3.63, 3.8) is 0 Å². The Balaban J connectivity index is 1.54. The van der Waals surface area contributed by atoms with Crippen LogP contribution < -0.4 is 5.32 Å². The van der Waals surface area contributed by atoms with Gasteiger partial charge in [0, 0.05) is 28.9 Å². The highest BCUT2D eigenvalue weighted by molar-refractivity contribution is 7.92. The highest BCUT2D eigenvalue weighted by atomic mass is 35.5. The van der Waals surface area contributed by atoms with Crippen molar-refractivity contribution in [3.8, 4) is 16.9 Å². The maximum Gasteiger partial charge on any atom is 0.235 e. The van der Waals surface area contributed by atoms with Crippen LogP contribution in [0.3, 0.4) is 0 Å². The van der Waals surface area contributed by atoms with Crippen LogP contribution in [0.4, 0.5) is 0 Å². The van der Waals surface area contributed by atoms with Crippen LogP contribution in [0.5, 0.6) is 0 Å². The molecule has 0 aliphatic rings. The normalized spacial score (nSPS) is 11.3. The van der Waals surface area contributed by atoms with E-state index in [0.717, 1.165) is 22.5 Å². The molecule has 0 bridgehead atoms. The van der Waals surface area contributed by atoms with Crippen LogP contribution in [0.15, 0.2) is 96.0 Å². The number of sulfone groups is 1. The molecule has 1 aromatic heterocycles. The Morgan fingerprint density at radius 3 is 2.19 bits per heavy atom. The van der Waals surface area contributed by atoms with Crippen molar-refractivity contribution < 1.29 is 13.2 Å². The van der Waals surface area contributed by atoms with E-state index in [9.17, 15) is 13.2 Å². The number of carbonyl (C=O) groups excluding carboxylic acids is 1. The van der Waals surface area contributed by atoms with Crippen molar-refractivity contribution in [3.05, 3.63) is 102 Å². The molecule has 0 radical (unpaired) electrons. The Kier molecular flexibility index (Phi) is 6.39. The third kappa shape index (κ3) is 5.07. The number of para-hydroxylation sites is 1. The number of hydrogen-bond acceptors (Lipinski definition) is 4. The van der Waals surface area contributed by atoms with Crippen LogP contribution in [0.2, 0.25) is 5.02 Å². The first-order valence-electron chi connectivity index (χ1n) is 9.87. The number of carbonyl (C=O) groups is 1. The van der Waals surface area contributed by atoms with Gasteiger partial charge in [0.2, 0.25) is 5.91 Å². The van der Waals surface area contributed by atoms with Crippen molar-refractivity contribution in [2.24, 2.45) is 0 Å². The Bertz CT molecular complexity index is 1320. The lowest BCUT2D eigenvalue weighted by molar-refractivity contribution is -0.118. The first-order chi connectivity index (χ1) is 15.4. The zero-order chi connectivity index (χ0) is 22.6. The molecule has 0 saturated carbocycles. The Morgan fingerprint density at radius 2 is 1.53 bits per heavy atom. The number of aromatic nitrogens is 2. The lowest BCUT2D eigenvalue weighted by Gasteiger charge is -2.07. The van der Waals surface area contributed by atoms with Crippen molar-refractivity contribution in [2.45, 2.75) is 11.4 Å². The van der Waals surface area contributed by atoms with Gasteiger partial charge in [0.15, 0.2) is 9.84 Å². The minimum Gasteiger partial charge on any atom is -0.351 e. The van der Waals surface area contributed by atoms with Gasteiger partial charge in [0.25, 0.3) is 0 Å². The van der Waals surface area contributed by atoms with Gasteiger partial charge in [-0.15, -0.1) is 0 Å². The summed E-state index contributed by atoms with van der Waals surface area (Å²) in [6, 6.07) is 25.0. The molecule has 4 rings (SSSR count). The number of rotatable bonds is 7. The highest BCUT2D eigenvalue weighted by Crippen LogP contribution is 2.23. The van der Waals surface area contributed by atoms with E-state index in [4.69, 9.17) is 16.7 Å². The van der Waals surface area contributed by atoms with Gasteiger partial charge in [-0.2, -0.15) is 5.10 Å². The van der Waals surface area contributed by atoms with E-state index in [2.05, 4.69) is 5.32 Å². The Labute approximate surface area is 191 Å². The number of hydrogen-bond donors (Lipinski definition) is 1. The number of benzene rings is 3. The minimum atomic E-state index is -3.77. The Hall–Kier alpha value is -3.42. The van der Waals surface area contributed by atoms with Crippen molar-refractivity contribution in [1.82, 2.24) is 15.1 Å². The van der Waals surface area contributed by atoms with Gasteiger partial charge < -0.3 is 5.32 Å². The molecule has 0 atom stereocenters. The number of nitrogens with one attached hydrogen (secondary N) is 1. The second-order valence-corrected chi connectivity index (χ2v) is 9.56. The molecule has 0 fully saturated rings. The monoisotopic (exact) mass is 465 g/mol. The van der Waals surface area contributed by atoms with Crippen LogP contribution in [0, 0.1) is 0 Å². The predicted molar refractivity (Wildman–Crippen MR) is 124 cm³/mol. The summed E-state index contributed by atoms with van der Waals surface area (Å²) in [6.45, 7) is 0.145. The van der Waals surface area contributed by atoms with E-state index >= 15 is 0 Å². The standard InChI is InChI=1S/C24H20ClN3O3S/c25-20-11-13-22(14-12-20)32(30,31)17-23(29)26-15-19-16-28(21-9-5-2-6-10-21)27-24(19)18-7-3-1-4-8-18/h1-14,16H,15,17H2,(H,26,29). The van der Waals surface area contributed by atoms with Gasteiger partial charge >= 0.3 is 0 Å². The van der Waals surface area contributed by atoms with Crippen molar-refractivity contribution in [1.29, 1.82) is 0 Å². The number of amides is 1. The molecule has 0 aliphatic heterocycles. The fourth-order valence-electron chi connectivity index (χ4n) is 3.23. The summed E-state index contributed by atoms with van der Waals surface area (Å²) >= 11 is 5.81. The van der Waals surface area contributed by atoms with Crippen LogP contribution in [-0.4, -0.2) is 29.9 Å². The topological polar surface area (TPSA) is 81.1 Å². The fourth-order valence-corrected chi connectivity index (χ4v) is 4.52. The van der Waals surface area contributed by atoms with Gasteiger partial charge in [-0.05, 0) is 36.4 Å². The smallest absolute Gasteiger partial charge is 0.235 e. The van der Waals surface area contributed by atoms with Crippen molar-refractivity contribution in [2.75, 3.05) is 5.75 Å². The van der Waals surface area contributed by atoms with Gasteiger partial charge in [0.05, 0.1) is 16.3 Å². The maximum absolute atomic E-state index is 12.5. The molecule has 6 nitrogen and oxygen atoms in total. The molecule has 1 N–H and O–H groups in total. The van der Waals surface area contributed by atoms with Crippen LogP contribution in [0.25, 0.3) is 16.9 Å². The third-order valence-electron chi connectivity index (χ3n) is 4.83. The van der Waals surface area contributed by atoms with Gasteiger partial charge in [-0.1, -0.05) is 60.1 Å². The summed E-state index contributed by atoms with van der Waals surface area (Å²) in [5.41, 5.74) is 3.28. The van der Waals surface area contributed by atoms with E-state index in [-0.39, 0.29) is 11.4 Å². The minimum absolute atomic E-state index is 0.0546. The lowest BCUT2D eigenvalue weighted by atomic mass is 10.1. The SMILES string of the molecule is O=C(CS(=O)(=O)c1ccc(Cl)cc1)NCc1cn(-c2ccccc2)nc1-c1ccccc1. The molecule has 0 saturated heterocycles. The fraction of sp³-hybridized carbons (Fsp3) is 0.0833. The largest absolute Gasteiger partial charge is 0.351 e. The highest BCUT2D eigenvalue weighted by Gasteiger charge is 2.20. The lowest BCUT2D eigenvalue weighted by Crippen LogP contribution is -2.30. The molecule has 162 valence electrons. The zero-order valence-corrected chi connectivity index (χ0v) is 18.6.